The van der Waals surface area contributed by atoms with Gasteiger partial charge in [0.25, 0.3) is 5.91 Å². The van der Waals surface area contributed by atoms with Crippen LogP contribution in [0.2, 0.25) is 0 Å². The van der Waals surface area contributed by atoms with E-state index in [0.717, 1.165) is 74.5 Å². The lowest BCUT2D eigenvalue weighted by Crippen LogP contribution is -2.58. The molecule has 0 saturated carbocycles. The molecule has 9 rings (SSSR count). The van der Waals surface area contributed by atoms with Crippen LogP contribution < -0.4 is 29.9 Å². The maximum absolute atomic E-state index is 16.1. The molecule has 1 aromatic heterocycles. The van der Waals surface area contributed by atoms with Crippen LogP contribution in [0.1, 0.15) is 64.7 Å². The number of pyridine rings is 1. The topological polar surface area (TPSA) is 137 Å². The van der Waals surface area contributed by atoms with Crippen molar-refractivity contribution >= 4 is 29.1 Å². The predicted molar refractivity (Wildman–Crippen MR) is 207 cm³/mol. The van der Waals surface area contributed by atoms with Gasteiger partial charge >= 0.3 is 0 Å². The molecule has 3 fully saturated rings. The van der Waals surface area contributed by atoms with Crippen molar-refractivity contribution in [2.75, 3.05) is 62.3 Å². The molecule has 0 bridgehead atoms. The number of aromatic hydroxyl groups is 1. The molecule has 13 heteroatoms. The molecule has 0 radical (unpaired) electrons. The monoisotopic (exact) mass is 760 g/mol. The number of piperazine rings is 1. The Labute approximate surface area is 324 Å². The lowest BCUT2D eigenvalue weighted by molar-refractivity contribution is -0.134. The van der Waals surface area contributed by atoms with Crippen molar-refractivity contribution in [2.45, 2.75) is 49.6 Å². The molecule has 3 amide bonds. The number of nitrogens with one attached hydrogen (secondary N) is 2. The SMILES string of the molecule is O=C1CCC(NC(=O)c2ccc3c(n2)OC[C@H]2CN(CC4CCN(c5ccc([C@@H]6c7ccc(O)cc7OC[C@@H]6c6ccccc6)cc5F)CC4)CCN32)C(=O)N1. The van der Waals surface area contributed by atoms with Crippen LogP contribution in [0, 0.1) is 11.7 Å². The Balaban J connectivity index is 0.802. The van der Waals surface area contributed by atoms with Crippen molar-refractivity contribution in [3.8, 4) is 17.4 Å². The van der Waals surface area contributed by atoms with E-state index in [1.165, 1.54) is 0 Å². The molecule has 4 aromatic rings. The van der Waals surface area contributed by atoms with Crippen LogP contribution in [0.15, 0.2) is 78.9 Å². The zero-order valence-corrected chi connectivity index (χ0v) is 31.0. The van der Waals surface area contributed by atoms with E-state index in [9.17, 15) is 19.5 Å². The highest BCUT2D eigenvalue weighted by atomic mass is 19.1. The maximum atomic E-state index is 16.1. The van der Waals surface area contributed by atoms with E-state index in [0.29, 0.717) is 36.4 Å². The van der Waals surface area contributed by atoms with E-state index in [4.69, 9.17) is 9.47 Å². The summed E-state index contributed by atoms with van der Waals surface area (Å²) < 4.78 is 28.3. The van der Waals surface area contributed by atoms with Crippen LogP contribution in [0.5, 0.6) is 17.4 Å². The Morgan fingerprint density at radius 1 is 0.893 bits per heavy atom. The Morgan fingerprint density at radius 2 is 1.71 bits per heavy atom. The van der Waals surface area contributed by atoms with Gasteiger partial charge in [0, 0.05) is 69.2 Å². The summed E-state index contributed by atoms with van der Waals surface area (Å²) in [7, 11) is 0. The number of hydrogen-bond acceptors (Lipinski definition) is 10. The van der Waals surface area contributed by atoms with Crippen LogP contribution in [0.3, 0.4) is 0 Å². The van der Waals surface area contributed by atoms with E-state index < -0.39 is 17.9 Å². The fraction of sp³-hybridized carbons (Fsp3) is 0.395. The second-order valence-electron chi connectivity index (χ2n) is 15.6. The normalized spacial score (nSPS) is 23.9. The van der Waals surface area contributed by atoms with Crippen molar-refractivity contribution in [2.24, 2.45) is 5.92 Å². The van der Waals surface area contributed by atoms with E-state index in [1.807, 2.05) is 36.4 Å². The van der Waals surface area contributed by atoms with Gasteiger partial charge in [0.2, 0.25) is 17.7 Å². The van der Waals surface area contributed by atoms with Crippen molar-refractivity contribution in [1.29, 1.82) is 0 Å². The standard InChI is InChI=1S/C43H45FN6O6/c44-33-20-28(40-31-8-7-30(51)21-38(31)55-25-32(40)27-4-2-1-3-5-27)6-11-36(33)49-16-14-26(15-17-49)22-48-18-19-50-29(23-48)24-56-43-37(50)12-9-35(46-43)41(53)45-34-10-13-39(52)47-42(34)54/h1-9,11-12,20-21,26,29,32,34,40,51H,10,13-19,22-25H2,(H,45,53)(H,47,52,54)/t29-,32-,34?,40-/m1/s1. The highest BCUT2D eigenvalue weighted by Gasteiger charge is 2.37. The van der Waals surface area contributed by atoms with Crippen LogP contribution in [0.25, 0.3) is 0 Å². The van der Waals surface area contributed by atoms with Crippen LogP contribution >= 0.6 is 0 Å². The second-order valence-corrected chi connectivity index (χ2v) is 15.6. The molecule has 56 heavy (non-hydrogen) atoms. The van der Waals surface area contributed by atoms with E-state index in [1.54, 1.807) is 24.3 Å². The number of carbonyl (C=O) groups excluding carboxylic acids is 3. The van der Waals surface area contributed by atoms with Crippen LogP contribution in [-0.2, 0) is 9.59 Å². The molecule has 3 saturated heterocycles. The fourth-order valence-electron chi connectivity index (χ4n) is 9.16. The minimum Gasteiger partial charge on any atom is -0.508 e. The molecule has 4 atom stereocenters. The first-order valence-electron chi connectivity index (χ1n) is 19.6. The first kappa shape index (κ1) is 36.0. The third kappa shape index (κ3) is 7.11. The third-order valence-electron chi connectivity index (χ3n) is 12.1. The Morgan fingerprint density at radius 3 is 2.52 bits per heavy atom. The van der Waals surface area contributed by atoms with Gasteiger partial charge in [-0.05, 0) is 66.6 Å². The van der Waals surface area contributed by atoms with Gasteiger partial charge in [-0.1, -0.05) is 42.5 Å². The second kappa shape index (κ2) is 15.1. The third-order valence-corrected chi connectivity index (χ3v) is 12.1. The van der Waals surface area contributed by atoms with E-state index >= 15 is 4.39 Å². The predicted octanol–water partition coefficient (Wildman–Crippen LogP) is 4.57. The number of aromatic nitrogens is 1. The fourth-order valence-corrected chi connectivity index (χ4v) is 9.16. The minimum atomic E-state index is -0.773. The van der Waals surface area contributed by atoms with Crippen molar-refractivity contribution in [1.82, 2.24) is 20.5 Å². The lowest BCUT2D eigenvalue weighted by atomic mass is 9.76. The maximum Gasteiger partial charge on any atom is 0.270 e. The number of phenols is 1. The average Bonchev–Trinajstić information content (AvgIpc) is 3.21. The molecular weight excluding hydrogens is 716 g/mol. The van der Waals surface area contributed by atoms with Crippen LogP contribution in [0.4, 0.5) is 15.8 Å². The van der Waals surface area contributed by atoms with Crippen molar-refractivity contribution in [3.63, 3.8) is 0 Å². The molecule has 0 spiro atoms. The smallest absolute Gasteiger partial charge is 0.270 e. The highest BCUT2D eigenvalue weighted by molar-refractivity contribution is 6.03. The van der Waals surface area contributed by atoms with Crippen molar-refractivity contribution < 1.29 is 33.4 Å². The molecule has 3 aromatic carbocycles. The number of phenolic OH excluding ortho intramolecular Hbond substituents is 1. The first-order valence-corrected chi connectivity index (χ1v) is 19.6. The van der Waals surface area contributed by atoms with E-state index in [2.05, 4.69) is 48.5 Å². The summed E-state index contributed by atoms with van der Waals surface area (Å²) in [4.78, 5) is 47.9. The molecule has 12 nitrogen and oxygen atoms in total. The Bertz CT molecular complexity index is 2140. The number of rotatable bonds is 7. The minimum absolute atomic E-state index is 0.00211. The quantitative estimate of drug-likeness (QED) is 0.230. The van der Waals surface area contributed by atoms with Gasteiger partial charge in [0.1, 0.15) is 41.3 Å². The average molecular weight is 761 g/mol. The Hall–Kier alpha value is -5.69. The van der Waals surface area contributed by atoms with Gasteiger partial charge < -0.3 is 29.7 Å². The number of fused-ring (bicyclic) bond motifs is 4. The van der Waals surface area contributed by atoms with Gasteiger partial charge in [-0.2, -0.15) is 0 Å². The number of nitrogens with zero attached hydrogens (tertiary/aromatic N) is 4. The first-order chi connectivity index (χ1) is 27.3. The van der Waals surface area contributed by atoms with Gasteiger partial charge in [-0.15, -0.1) is 0 Å². The number of ether oxygens (including phenoxy) is 2. The Kier molecular flexibility index (Phi) is 9.70. The molecule has 3 N–H and O–H groups in total. The van der Waals surface area contributed by atoms with E-state index in [-0.39, 0.29) is 53.9 Å². The van der Waals surface area contributed by atoms with Gasteiger partial charge in [-0.3, -0.25) is 24.6 Å². The number of halogens is 1. The summed E-state index contributed by atoms with van der Waals surface area (Å²) in [6.45, 7) is 6.00. The molecule has 290 valence electrons. The summed E-state index contributed by atoms with van der Waals surface area (Å²) in [5.74, 6) is 0.0385. The largest absolute Gasteiger partial charge is 0.508 e. The van der Waals surface area contributed by atoms with Crippen molar-refractivity contribution in [3.05, 3.63) is 107 Å². The number of imide groups is 1. The zero-order chi connectivity index (χ0) is 38.3. The molecule has 0 aliphatic carbocycles. The molecule has 5 aliphatic heterocycles. The summed E-state index contributed by atoms with van der Waals surface area (Å²) in [5.41, 5.74) is 4.63. The summed E-state index contributed by atoms with van der Waals surface area (Å²) in [6, 6.07) is 24.0. The highest BCUT2D eigenvalue weighted by Crippen LogP contribution is 2.47. The molecule has 6 heterocycles. The summed E-state index contributed by atoms with van der Waals surface area (Å²) >= 11 is 0. The van der Waals surface area contributed by atoms with Gasteiger partial charge in [-0.25, -0.2) is 9.37 Å². The van der Waals surface area contributed by atoms with Crippen LogP contribution in [-0.4, -0.2) is 97.3 Å². The number of benzene rings is 3. The zero-order valence-electron chi connectivity index (χ0n) is 31.0. The summed E-state index contributed by atoms with van der Waals surface area (Å²) in [6.07, 6.45) is 2.39. The van der Waals surface area contributed by atoms with Gasteiger partial charge in [0.15, 0.2) is 0 Å². The number of hydrogen-bond donors (Lipinski definition) is 3. The molecule has 1 unspecified atom stereocenters. The summed E-state index contributed by atoms with van der Waals surface area (Å²) in [5, 5.41) is 15.1. The number of anilines is 2. The number of carbonyl (C=O) groups is 3. The number of amides is 3. The molecular formula is C43H45FN6O6. The number of piperidine rings is 2. The molecule has 5 aliphatic rings. The lowest BCUT2D eigenvalue weighted by Gasteiger charge is -2.46. The van der Waals surface area contributed by atoms with Gasteiger partial charge in [0.05, 0.1) is 18.3 Å².